The van der Waals surface area contributed by atoms with Crippen molar-refractivity contribution in [3.8, 4) is 5.75 Å². The molecule has 0 aliphatic rings. The van der Waals surface area contributed by atoms with Gasteiger partial charge in [-0.3, -0.25) is 9.20 Å². The Kier molecular flexibility index (Phi) is 5.09. The molecule has 0 aliphatic carbocycles. The molecule has 6 nitrogen and oxygen atoms in total. The SMILES string of the molecule is CCOc1ccccc1/C=C/C(=O)NC(C)c1nnc2ccccn12. The summed E-state index contributed by atoms with van der Waals surface area (Å²) >= 11 is 0. The molecule has 1 aromatic carbocycles. The van der Waals surface area contributed by atoms with Gasteiger partial charge in [0, 0.05) is 17.8 Å². The lowest BCUT2D eigenvalue weighted by molar-refractivity contribution is -0.117. The lowest BCUT2D eigenvalue weighted by atomic mass is 10.2. The minimum Gasteiger partial charge on any atom is -0.493 e. The minimum atomic E-state index is -0.267. The molecule has 3 rings (SSSR count). The number of hydrogen-bond donors (Lipinski definition) is 1. The van der Waals surface area contributed by atoms with Gasteiger partial charge in [0.2, 0.25) is 5.91 Å². The Labute approximate surface area is 146 Å². The van der Waals surface area contributed by atoms with Crippen LogP contribution in [-0.4, -0.2) is 27.1 Å². The van der Waals surface area contributed by atoms with Crippen LogP contribution in [0.5, 0.6) is 5.75 Å². The van der Waals surface area contributed by atoms with E-state index in [1.165, 1.54) is 6.08 Å². The Balaban J connectivity index is 1.70. The second-order valence-corrected chi connectivity index (χ2v) is 5.52. The molecule has 1 amide bonds. The highest BCUT2D eigenvalue weighted by atomic mass is 16.5. The third kappa shape index (κ3) is 3.85. The summed E-state index contributed by atoms with van der Waals surface area (Å²) in [5, 5.41) is 11.2. The maximum absolute atomic E-state index is 12.2. The van der Waals surface area contributed by atoms with Gasteiger partial charge in [-0.15, -0.1) is 10.2 Å². The van der Waals surface area contributed by atoms with Crippen LogP contribution in [0.25, 0.3) is 11.7 Å². The van der Waals surface area contributed by atoms with Gasteiger partial charge < -0.3 is 10.1 Å². The van der Waals surface area contributed by atoms with Crippen LogP contribution >= 0.6 is 0 Å². The van der Waals surface area contributed by atoms with Crippen molar-refractivity contribution < 1.29 is 9.53 Å². The van der Waals surface area contributed by atoms with E-state index in [1.54, 1.807) is 6.08 Å². The molecular formula is C19H20N4O2. The van der Waals surface area contributed by atoms with Crippen molar-refractivity contribution >= 4 is 17.6 Å². The number of carbonyl (C=O) groups is 1. The first-order chi connectivity index (χ1) is 12.2. The first-order valence-corrected chi connectivity index (χ1v) is 8.19. The molecule has 2 aromatic heterocycles. The van der Waals surface area contributed by atoms with Gasteiger partial charge in [-0.05, 0) is 38.1 Å². The smallest absolute Gasteiger partial charge is 0.244 e. The van der Waals surface area contributed by atoms with Crippen molar-refractivity contribution in [2.75, 3.05) is 6.61 Å². The van der Waals surface area contributed by atoms with Gasteiger partial charge in [-0.25, -0.2) is 0 Å². The van der Waals surface area contributed by atoms with Gasteiger partial charge in [-0.2, -0.15) is 0 Å². The van der Waals surface area contributed by atoms with Crippen LogP contribution in [0.1, 0.15) is 31.3 Å². The van der Waals surface area contributed by atoms with E-state index in [0.29, 0.717) is 12.4 Å². The van der Waals surface area contributed by atoms with E-state index in [2.05, 4.69) is 15.5 Å². The lowest BCUT2D eigenvalue weighted by Crippen LogP contribution is -2.26. The molecule has 0 radical (unpaired) electrons. The fourth-order valence-electron chi connectivity index (χ4n) is 2.55. The molecule has 0 saturated heterocycles. The van der Waals surface area contributed by atoms with Crippen molar-refractivity contribution in [2.24, 2.45) is 0 Å². The number of para-hydroxylation sites is 1. The summed E-state index contributed by atoms with van der Waals surface area (Å²) in [4.78, 5) is 12.2. The molecular weight excluding hydrogens is 316 g/mol. The number of pyridine rings is 1. The molecule has 25 heavy (non-hydrogen) atoms. The fraction of sp³-hybridized carbons (Fsp3) is 0.211. The highest BCUT2D eigenvalue weighted by Gasteiger charge is 2.14. The lowest BCUT2D eigenvalue weighted by Gasteiger charge is -2.11. The molecule has 0 aliphatic heterocycles. The summed E-state index contributed by atoms with van der Waals surface area (Å²) in [5.41, 5.74) is 1.61. The van der Waals surface area contributed by atoms with Gasteiger partial charge in [0.05, 0.1) is 12.6 Å². The molecule has 3 aromatic rings. The highest BCUT2D eigenvalue weighted by molar-refractivity contribution is 5.92. The first kappa shape index (κ1) is 16.7. The fourth-order valence-corrected chi connectivity index (χ4v) is 2.55. The number of carbonyl (C=O) groups excluding carboxylic acids is 1. The van der Waals surface area contributed by atoms with E-state index >= 15 is 0 Å². The molecule has 6 heteroatoms. The topological polar surface area (TPSA) is 68.5 Å². The van der Waals surface area contributed by atoms with Crippen molar-refractivity contribution in [1.82, 2.24) is 19.9 Å². The van der Waals surface area contributed by atoms with Gasteiger partial charge in [0.15, 0.2) is 11.5 Å². The van der Waals surface area contributed by atoms with Crippen molar-refractivity contribution in [1.29, 1.82) is 0 Å². The molecule has 0 bridgehead atoms. The van der Waals surface area contributed by atoms with Gasteiger partial charge in [0.25, 0.3) is 0 Å². The first-order valence-electron chi connectivity index (χ1n) is 8.19. The summed E-state index contributed by atoms with van der Waals surface area (Å²) in [5.74, 6) is 1.24. The van der Waals surface area contributed by atoms with Crippen molar-refractivity contribution in [3.05, 3.63) is 66.1 Å². The molecule has 0 fully saturated rings. The number of amides is 1. The molecule has 128 valence electrons. The van der Waals surface area contributed by atoms with Crippen LogP contribution in [0.4, 0.5) is 0 Å². The van der Waals surface area contributed by atoms with Gasteiger partial charge >= 0.3 is 0 Å². The summed E-state index contributed by atoms with van der Waals surface area (Å²) < 4.78 is 7.41. The average Bonchev–Trinajstić information content (AvgIpc) is 3.05. The second kappa shape index (κ2) is 7.61. The summed E-state index contributed by atoms with van der Waals surface area (Å²) in [6.07, 6.45) is 5.12. The van der Waals surface area contributed by atoms with E-state index in [-0.39, 0.29) is 11.9 Å². The van der Waals surface area contributed by atoms with E-state index in [9.17, 15) is 4.79 Å². The third-order valence-corrected chi connectivity index (χ3v) is 3.72. The zero-order valence-electron chi connectivity index (χ0n) is 14.2. The summed E-state index contributed by atoms with van der Waals surface area (Å²) in [6, 6.07) is 13.0. The average molecular weight is 336 g/mol. The van der Waals surface area contributed by atoms with Crippen molar-refractivity contribution in [2.45, 2.75) is 19.9 Å². The molecule has 0 saturated carbocycles. The largest absolute Gasteiger partial charge is 0.493 e. The zero-order chi connectivity index (χ0) is 17.6. The normalized spacial score (nSPS) is 12.4. The quantitative estimate of drug-likeness (QED) is 0.703. The Morgan fingerprint density at radius 1 is 1.24 bits per heavy atom. The molecule has 1 unspecified atom stereocenters. The third-order valence-electron chi connectivity index (χ3n) is 3.72. The van der Waals surface area contributed by atoms with Crippen LogP contribution in [0.2, 0.25) is 0 Å². The highest BCUT2D eigenvalue weighted by Crippen LogP contribution is 2.19. The predicted molar refractivity (Wildman–Crippen MR) is 96.2 cm³/mol. The maximum atomic E-state index is 12.2. The summed E-state index contributed by atoms with van der Waals surface area (Å²) in [6.45, 7) is 4.38. The molecule has 2 heterocycles. The number of nitrogens with one attached hydrogen (secondary N) is 1. The van der Waals surface area contributed by atoms with E-state index in [4.69, 9.17) is 4.74 Å². The molecule has 0 spiro atoms. The number of ether oxygens (including phenoxy) is 1. The Bertz CT molecular complexity index is 901. The number of nitrogens with zero attached hydrogens (tertiary/aromatic N) is 3. The number of hydrogen-bond acceptors (Lipinski definition) is 4. The molecule has 1 N–H and O–H groups in total. The second-order valence-electron chi connectivity index (χ2n) is 5.52. The van der Waals surface area contributed by atoms with Crippen LogP contribution in [0, 0.1) is 0 Å². The minimum absolute atomic E-state index is 0.202. The predicted octanol–water partition coefficient (Wildman–Crippen LogP) is 3.02. The number of fused-ring (bicyclic) bond motifs is 1. The maximum Gasteiger partial charge on any atom is 0.244 e. The standard InChI is InChI=1S/C19H20N4O2/c1-3-25-16-9-5-4-8-15(16)11-12-18(24)20-14(2)19-22-21-17-10-6-7-13-23(17)19/h4-14H,3H2,1-2H3,(H,20,24)/b12-11+. The summed E-state index contributed by atoms with van der Waals surface area (Å²) in [7, 11) is 0. The molecule has 1 atom stereocenters. The van der Waals surface area contributed by atoms with Gasteiger partial charge in [0.1, 0.15) is 5.75 Å². The van der Waals surface area contributed by atoms with E-state index in [1.807, 2.05) is 66.9 Å². The van der Waals surface area contributed by atoms with Crippen molar-refractivity contribution in [3.63, 3.8) is 0 Å². The van der Waals surface area contributed by atoms with Crippen LogP contribution in [0.15, 0.2) is 54.7 Å². The van der Waals surface area contributed by atoms with E-state index < -0.39 is 0 Å². The number of aromatic nitrogens is 3. The van der Waals surface area contributed by atoms with Crippen LogP contribution in [0.3, 0.4) is 0 Å². The Hall–Kier alpha value is -3.15. The zero-order valence-corrected chi connectivity index (χ0v) is 14.2. The van der Waals surface area contributed by atoms with Gasteiger partial charge in [-0.1, -0.05) is 24.3 Å². The Morgan fingerprint density at radius 3 is 2.88 bits per heavy atom. The monoisotopic (exact) mass is 336 g/mol. The van der Waals surface area contributed by atoms with Crippen LogP contribution < -0.4 is 10.1 Å². The van der Waals surface area contributed by atoms with E-state index in [0.717, 1.165) is 17.0 Å². The number of benzene rings is 1. The van der Waals surface area contributed by atoms with Crippen LogP contribution in [-0.2, 0) is 4.79 Å². The Morgan fingerprint density at radius 2 is 2.04 bits per heavy atom. The number of rotatable bonds is 6.